The lowest BCUT2D eigenvalue weighted by atomic mass is 9.87. The molecule has 0 radical (unpaired) electrons. The fourth-order valence-electron chi connectivity index (χ4n) is 2.67. The molecule has 0 fully saturated rings. The maximum absolute atomic E-state index is 11.6. The van der Waals surface area contributed by atoms with E-state index >= 15 is 0 Å². The van der Waals surface area contributed by atoms with Crippen LogP contribution >= 0.6 is 0 Å². The first-order valence-corrected chi connectivity index (χ1v) is 7.81. The molecule has 0 saturated heterocycles. The molecule has 1 aliphatic rings. The van der Waals surface area contributed by atoms with E-state index in [-0.39, 0.29) is 12.5 Å². The highest BCUT2D eigenvalue weighted by Gasteiger charge is 2.20. The lowest BCUT2D eigenvalue weighted by Gasteiger charge is -2.27. The zero-order chi connectivity index (χ0) is 15.2. The number of aryl methyl sites for hydroxylation is 1. The molecule has 0 aromatic heterocycles. The smallest absolute Gasteiger partial charge is 0.259 e. The van der Waals surface area contributed by atoms with Crippen molar-refractivity contribution in [2.45, 2.75) is 38.6 Å². The van der Waals surface area contributed by atoms with Crippen molar-refractivity contribution in [2.75, 3.05) is 27.2 Å². The molecule has 1 unspecified atom stereocenters. The van der Waals surface area contributed by atoms with Crippen LogP contribution in [0.2, 0.25) is 0 Å². The van der Waals surface area contributed by atoms with Crippen LogP contribution in [0, 0.1) is 0 Å². The largest absolute Gasteiger partial charge is 0.484 e. The minimum absolute atomic E-state index is 0.0200. The molecule has 0 spiro atoms. The summed E-state index contributed by atoms with van der Waals surface area (Å²) in [6, 6.07) is 6.64. The summed E-state index contributed by atoms with van der Waals surface area (Å²) in [5, 5.41) is 3.61. The van der Waals surface area contributed by atoms with Crippen LogP contribution in [-0.2, 0) is 11.2 Å². The van der Waals surface area contributed by atoms with Crippen LogP contribution in [0.25, 0.3) is 0 Å². The number of fused-ring (bicyclic) bond motifs is 1. The Kier molecular flexibility index (Phi) is 5.62. The van der Waals surface area contributed by atoms with Crippen LogP contribution in [0.15, 0.2) is 18.2 Å². The van der Waals surface area contributed by atoms with Gasteiger partial charge in [-0.1, -0.05) is 13.0 Å². The SMILES string of the molecule is CCCNC1CCCc2ccc(OCC(=O)N(C)C)cc21. The third-order valence-corrected chi connectivity index (χ3v) is 3.93. The zero-order valence-corrected chi connectivity index (χ0v) is 13.3. The lowest BCUT2D eigenvalue weighted by molar-refractivity contribution is -0.130. The Morgan fingerprint density at radius 1 is 1.43 bits per heavy atom. The van der Waals surface area contributed by atoms with Crippen molar-refractivity contribution in [3.8, 4) is 5.75 Å². The van der Waals surface area contributed by atoms with E-state index in [1.54, 1.807) is 19.0 Å². The number of nitrogens with zero attached hydrogens (tertiary/aromatic N) is 1. The number of likely N-dealkylation sites (N-methyl/N-ethyl adjacent to an activating group) is 1. The summed E-state index contributed by atoms with van der Waals surface area (Å²) in [5.41, 5.74) is 2.74. The number of amides is 1. The minimum Gasteiger partial charge on any atom is -0.484 e. The van der Waals surface area contributed by atoms with Gasteiger partial charge in [0, 0.05) is 20.1 Å². The molecule has 0 bridgehead atoms. The summed E-state index contributed by atoms with van der Waals surface area (Å²) in [6.45, 7) is 3.32. The molecule has 4 nitrogen and oxygen atoms in total. The van der Waals surface area contributed by atoms with Crippen LogP contribution in [-0.4, -0.2) is 38.1 Å². The Hall–Kier alpha value is -1.55. The van der Waals surface area contributed by atoms with Gasteiger partial charge in [0.2, 0.25) is 0 Å². The summed E-state index contributed by atoms with van der Waals surface area (Å²) in [7, 11) is 3.48. The number of nitrogens with one attached hydrogen (secondary N) is 1. The van der Waals surface area contributed by atoms with Gasteiger partial charge < -0.3 is 15.0 Å². The van der Waals surface area contributed by atoms with Crippen molar-refractivity contribution in [1.82, 2.24) is 10.2 Å². The Morgan fingerprint density at radius 2 is 2.24 bits per heavy atom. The highest BCUT2D eigenvalue weighted by atomic mass is 16.5. The molecule has 1 amide bonds. The van der Waals surface area contributed by atoms with E-state index in [2.05, 4.69) is 24.4 Å². The van der Waals surface area contributed by atoms with Gasteiger partial charge in [-0.2, -0.15) is 0 Å². The number of ether oxygens (including phenoxy) is 1. The monoisotopic (exact) mass is 290 g/mol. The number of benzene rings is 1. The standard InChI is InChI=1S/C17H26N2O2/c1-4-10-18-16-7-5-6-13-8-9-14(11-15(13)16)21-12-17(20)19(2)3/h8-9,11,16,18H,4-7,10,12H2,1-3H3. The fourth-order valence-corrected chi connectivity index (χ4v) is 2.67. The normalized spacial score (nSPS) is 17.2. The molecular weight excluding hydrogens is 264 g/mol. The average Bonchev–Trinajstić information content (AvgIpc) is 2.50. The summed E-state index contributed by atoms with van der Waals surface area (Å²) in [4.78, 5) is 13.1. The van der Waals surface area contributed by atoms with Crippen LogP contribution in [0.4, 0.5) is 0 Å². The first-order chi connectivity index (χ1) is 10.1. The van der Waals surface area contributed by atoms with Gasteiger partial charge in [0.25, 0.3) is 5.91 Å². The van der Waals surface area contributed by atoms with Gasteiger partial charge in [-0.25, -0.2) is 0 Å². The molecule has 21 heavy (non-hydrogen) atoms. The molecule has 1 aromatic carbocycles. The van der Waals surface area contributed by atoms with Gasteiger partial charge in [-0.3, -0.25) is 4.79 Å². The van der Waals surface area contributed by atoms with E-state index in [4.69, 9.17) is 4.74 Å². The quantitative estimate of drug-likeness (QED) is 0.875. The van der Waals surface area contributed by atoms with E-state index in [1.807, 2.05) is 6.07 Å². The van der Waals surface area contributed by atoms with E-state index in [1.165, 1.54) is 24.0 Å². The van der Waals surface area contributed by atoms with Crippen molar-refractivity contribution in [3.63, 3.8) is 0 Å². The topological polar surface area (TPSA) is 41.6 Å². The maximum atomic E-state index is 11.6. The molecule has 0 aliphatic heterocycles. The summed E-state index contributed by atoms with van der Waals surface area (Å²) >= 11 is 0. The first kappa shape index (κ1) is 15.8. The molecule has 1 N–H and O–H groups in total. The molecule has 1 aliphatic carbocycles. The van der Waals surface area contributed by atoms with Crippen LogP contribution in [0.3, 0.4) is 0 Å². The molecule has 4 heteroatoms. The predicted molar refractivity (Wildman–Crippen MR) is 84.6 cm³/mol. The molecule has 1 aromatic rings. The fraction of sp³-hybridized carbons (Fsp3) is 0.588. The molecule has 116 valence electrons. The maximum Gasteiger partial charge on any atom is 0.259 e. The molecular formula is C17H26N2O2. The van der Waals surface area contributed by atoms with Crippen molar-refractivity contribution >= 4 is 5.91 Å². The lowest BCUT2D eigenvalue weighted by Crippen LogP contribution is -2.28. The van der Waals surface area contributed by atoms with Crippen molar-refractivity contribution in [3.05, 3.63) is 29.3 Å². The third kappa shape index (κ3) is 4.21. The molecule has 2 rings (SSSR count). The number of hydrogen-bond acceptors (Lipinski definition) is 3. The highest BCUT2D eigenvalue weighted by Crippen LogP contribution is 2.32. The molecule has 0 heterocycles. The minimum atomic E-state index is -0.0200. The Balaban J connectivity index is 2.07. The van der Waals surface area contributed by atoms with Crippen molar-refractivity contribution in [1.29, 1.82) is 0 Å². The van der Waals surface area contributed by atoms with E-state index < -0.39 is 0 Å². The zero-order valence-electron chi connectivity index (χ0n) is 13.3. The Labute approximate surface area is 127 Å². The van der Waals surface area contributed by atoms with Gasteiger partial charge in [-0.05, 0) is 55.5 Å². The second-order valence-electron chi connectivity index (χ2n) is 5.84. The van der Waals surface area contributed by atoms with Gasteiger partial charge in [-0.15, -0.1) is 0 Å². The number of rotatable bonds is 6. The van der Waals surface area contributed by atoms with Gasteiger partial charge in [0.15, 0.2) is 6.61 Å². The van der Waals surface area contributed by atoms with Gasteiger partial charge in [0.1, 0.15) is 5.75 Å². The van der Waals surface area contributed by atoms with Crippen LogP contribution in [0.5, 0.6) is 5.75 Å². The van der Waals surface area contributed by atoms with Gasteiger partial charge in [0.05, 0.1) is 0 Å². The number of carbonyl (C=O) groups is 1. The molecule has 1 atom stereocenters. The first-order valence-electron chi connectivity index (χ1n) is 7.81. The average molecular weight is 290 g/mol. The highest BCUT2D eigenvalue weighted by molar-refractivity contribution is 5.77. The summed E-state index contributed by atoms with van der Waals surface area (Å²) in [6.07, 6.45) is 4.68. The third-order valence-electron chi connectivity index (χ3n) is 3.93. The van der Waals surface area contributed by atoms with E-state index in [9.17, 15) is 4.79 Å². The Morgan fingerprint density at radius 3 is 2.95 bits per heavy atom. The predicted octanol–water partition coefficient (Wildman–Crippen LogP) is 2.53. The second kappa shape index (κ2) is 7.46. The Bertz CT molecular complexity index is 486. The van der Waals surface area contributed by atoms with Crippen molar-refractivity contribution < 1.29 is 9.53 Å². The van der Waals surface area contributed by atoms with Crippen LogP contribution < -0.4 is 10.1 Å². The molecule has 0 saturated carbocycles. The van der Waals surface area contributed by atoms with Crippen LogP contribution in [0.1, 0.15) is 43.4 Å². The summed E-state index contributed by atoms with van der Waals surface area (Å²) < 4.78 is 5.63. The second-order valence-corrected chi connectivity index (χ2v) is 5.84. The number of carbonyl (C=O) groups excluding carboxylic acids is 1. The van der Waals surface area contributed by atoms with E-state index in [0.29, 0.717) is 6.04 Å². The summed E-state index contributed by atoms with van der Waals surface area (Å²) in [5.74, 6) is 0.766. The van der Waals surface area contributed by atoms with Crippen molar-refractivity contribution in [2.24, 2.45) is 0 Å². The number of hydrogen-bond donors (Lipinski definition) is 1. The van der Waals surface area contributed by atoms with Gasteiger partial charge >= 0.3 is 0 Å². The van der Waals surface area contributed by atoms with E-state index in [0.717, 1.165) is 25.1 Å².